The van der Waals surface area contributed by atoms with Crippen LogP contribution in [0.5, 0.6) is 0 Å². The summed E-state index contributed by atoms with van der Waals surface area (Å²) in [7, 11) is 0. The Morgan fingerprint density at radius 2 is 2.19 bits per heavy atom. The van der Waals surface area contributed by atoms with Crippen molar-refractivity contribution in [2.24, 2.45) is 16.6 Å². The predicted molar refractivity (Wildman–Crippen MR) is 89.0 cm³/mol. The van der Waals surface area contributed by atoms with Gasteiger partial charge in [0.25, 0.3) is 0 Å². The van der Waals surface area contributed by atoms with Crippen LogP contribution in [0, 0.1) is 5.92 Å². The van der Waals surface area contributed by atoms with Crippen LogP contribution in [0.4, 0.5) is 0 Å². The number of nitrogens with one attached hydrogen (secondary N) is 1. The number of rotatable bonds is 6. The Morgan fingerprint density at radius 3 is 2.90 bits per heavy atom. The van der Waals surface area contributed by atoms with Gasteiger partial charge in [0.05, 0.1) is 6.67 Å². The molecule has 116 valence electrons. The van der Waals surface area contributed by atoms with Crippen molar-refractivity contribution in [1.29, 1.82) is 0 Å². The summed E-state index contributed by atoms with van der Waals surface area (Å²) in [5.74, 6) is 1.27. The molecular weight excluding hydrogens is 260 g/mol. The van der Waals surface area contributed by atoms with E-state index in [4.69, 9.17) is 5.73 Å². The first-order valence-electron chi connectivity index (χ1n) is 7.97. The number of nitrogens with two attached hydrogens (primary N) is 1. The molecular formula is C17H28N4. The van der Waals surface area contributed by atoms with E-state index in [1.54, 1.807) is 0 Å². The molecule has 0 fully saturated rings. The van der Waals surface area contributed by atoms with E-state index < -0.39 is 0 Å². The smallest absolute Gasteiger partial charge is 0.189 e. The fourth-order valence-electron chi connectivity index (χ4n) is 2.91. The summed E-state index contributed by atoms with van der Waals surface area (Å²) >= 11 is 0. The number of guanidine groups is 1. The Hall–Kier alpha value is -1.55. The molecule has 0 amide bonds. The Labute approximate surface area is 128 Å². The summed E-state index contributed by atoms with van der Waals surface area (Å²) in [5, 5.41) is 3.06. The van der Waals surface area contributed by atoms with Crippen molar-refractivity contribution in [2.75, 3.05) is 13.2 Å². The molecule has 4 heteroatoms. The average Bonchev–Trinajstić information content (AvgIpc) is 2.81. The van der Waals surface area contributed by atoms with Gasteiger partial charge in [-0.2, -0.15) is 0 Å². The highest BCUT2D eigenvalue weighted by molar-refractivity contribution is 5.77. The zero-order valence-electron chi connectivity index (χ0n) is 13.5. The minimum atomic E-state index is 0.474. The molecule has 2 rings (SSSR count). The molecule has 0 aromatic heterocycles. The van der Waals surface area contributed by atoms with Crippen molar-refractivity contribution in [3.63, 3.8) is 0 Å². The standard InChI is InChI=1S/C17H28N4/c1-4-19-17(18)20-12-21-11-14-7-5-6-8-15(14)16(21)10-9-13(2)3/h5-8,13,16H,4,9-12H2,1-3H3,(H3,18,19,20). The Balaban J connectivity index is 2.07. The van der Waals surface area contributed by atoms with Gasteiger partial charge in [-0.15, -0.1) is 0 Å². The number of nitrogens with zero attached hydrogens (tertiary/aromatic N) is 2. The van der Waals surface area contributed by atoms with Gasteiger partial charge in [-0.3, -0.25) is 4.90 Å². The van der Waals surface area contributed by atoms with Crippen LogP contribution in [0.1, 0.15) is 50.8 Å². The molecule has 3 N–H and O–H groups in total. The predicted octanol–water partition coefficient (Wildman–Crippen LogP) is 2.86. The third-order valence-electron chi connectivity index (χ3n) is 4.03. The normalized spacial score (nSPS) is 19.0. The van der Waals surface area contributed by atoms with Crippen molar-refractivity contribution in [1.82, 2.24) is 10.2 Å². The second kappa shape index (κ2) is 7.46. The number of hydrogen-bond acceptors (Lipinski definition) is 2. The van der Waals surface area contributed by atoms with Crippen molar-refractivity contribution in [3.8, 4) is 0 Å². The maximum absolute atomic E-state index is 5.85. The van der Waals surface area contributed by atoms with Gasteiger partial charge in [-0.05, 0) is 36.8 Å². The lowest BCUT2D eigenvalue weighted by molar-refractivity contribution is 0.204. The van der Waals surface area contributed by atoms with Gasteiger partial charge in [0.2, 0.25) is 0 Å². The minimum absolute atomic E-state index is 0.474. The van der Waals surface area contributed by atoms with Crippen molar-refractivity contribution in [3.05, 3.63) is 35.4 Å². The van der Waals surface area contributed by atoms with Crippen LogP contribution in [0.2, 0.25) is 0 Å². The van der Waals surface area contributed by atoms with E-state index in [2.05, 4.69) is 53.3 Å². The lowest BCUT2D eigenvalue weighted by Crippen LogP contribution is -2.33. The van der Waals surface area contributed by atoms with E-state index in [0.717, 1.165) is 19.0 Å². The highest BCUT2D eigenvalue weighted by atomic mass is 15.3. The van der Waals surface area contributed by atoms with Crippen LogP contribution >= 0.6 is 0 Å². The monoisotopic (exact) mass is 288 g/mol. The van der Waals surface area contributed by atoms with Crippen molar-refractivity contribution >= 4 is 5.96 Å². The van der Waals surface area contributed by atoms with E-state index in [9.17, 15) is 0 Å². The molecule has 1 atom stereocenters. The first kappa shape index (κ1) is 15.8. The molecule has 1 aromatic rings. The topological polar surface area (TPSA) is 53.6 Å². The molecule has 1 unspecified atom stereocenters. The molecule has 1 aliphatic rings. The van der Waals surface area contributed by atoms with Gasteiger partial charge in [-0.1, -0.05) is 38.1 Å². The summed E-state index contributed by atoms with van der Waals surface area (Å²) in [6.45, 7) is 9.04. The number of benzene rings is 1. The fraction of sp³-hybridized carbons (Fsp3) is 0.588. The molecule has 1 aromatic carbocycles. The highest BCUT2D eigenvalue weighted by Gasteiger charge is 2.29. The molecule has 0 saturated carbocycles. The van der Waals surface area contributed by atoms with Crippen LogP contribution in [0.25, 0.3) is 0 Å². The summed E-state index contributed by atoms with van der Waals surface area (Å²) in [4.78, 5) is 6.89. The lowest BCUT2D eigenvalue weighted by atomic mass is 9.97. The zero-order chi connectivity index (χ0) is 15.2. The average molecular weight is 288 g/mol. The second-order valence-electron chi connectivity index (χ2n) is 6.15. The number of hydrogen-bond donors (Lipinski definition) is 2. The molecule has 4 nitrogen and oxygen atoms in total. The number of fused-ring (bicyclic) bond motifs is 1. The van der Waals surface area contributed by atoms with Gasteiger partial charge < -0.3 is 11.1 Å². The zero-order valence-corrected chi connectivity index (χ0v) is 13.5. The molecule has 0 spiro atoms. The van der Waals surface area contributed by atoms with E-state index in [1.165, 1.54) is 24.0 Å². The molecule has 0 radical (unpaired) electrons. The summed E-state index contributed by atoms with van der Waals surface area (Å²) in [6, 6.07) is 9.23. The molecule has 1 aliphatic heterocycles. The van der Waals surface area contributed by atoms with E-state index in [0.29, 0.717) is 18.7 Å². The molecule has 0 saturated heterocycles. The van der Waals surface area contributed by atoms with Gasteiger partial charge in [-0.25, -0.2) is 4.99 Å². The lowest BCUT2D eigenvalue weighted by Gasteiger charge is -2.24. The number of aliphatic imine (C=N–C) groups is 1. The van der Waals surface area contributed by atoms with Crippen molar-refractivity contribution in [2.45, 2.75) is 46.2 Å². The Morgan fingerprint density at radius 1 is 1.43 bits per heavy atom. The molecule has 21 heavy (non-hydrogen) atoms. The van der Waals surface area contributed by atoms with E-state index >= 15 is 0 Å². The quantitative estimate of drug-likeness (QED) is 0.625. The largest absolute Gasteiger partial charge is 0.370 e. The van der Waals surface area contributed by atoms with Gasteiger partial charge in [0.15, 0.2) is 5.96 Å². The van der Waals surface area contributed by atoms with Crippen LogP contribution in [-0.4, -0.2) is 24.1 Å². The third-order valence-corrected chi connectivity index (χ3v) is 4.03. The fourth-order valence-corrected chi connectivity index (χ4v) is 2.91. The summed E-state index contributed by atoms with van der Waals surface area (Å²) in [6.07, 6.45) is 2.42. The molecule has 1 heterocycles. The minimum Gasteiger partial charge on any atom is -0.370 e. The first-order valence-corrected chi connectivity index (χ1v) is 7.97. The first-order chi connectivity index (χ1) is 10.1. The summed E-state index contributed by atoms with van der Waals surface area (Å²) < 4.78 is 0. The maximum atomic E-state index is 5.85. The van der Waals surface area contributed by atoms with E-state index in [-0.39, 0.29) is 0 Å². The van der Waals surface area contributed by atoms with E-state index in [1.807, 2.05) is 6.92 Å². The van der Waals surface area contributed by atoms with Crippen LogP contribution in [0.3, 0.4) is 0 Å². The molecule has 0 aliphatic carbocycles. The van der Waals surface area contributed by atoms with Crippen molar-refractivity contribution < 1.29 is 0 Å². The SMILES string of the molecule is CCNC(N)=NCN1Cc2ccccc2C1CCC(C)C. The van der Waals surface area contributed by atoms with Gasteiger partial charge in [0.1, 0.15) is 0 Å². The molecule has 0 bridgehead atoms. The maximum Gasteiger partial charge on any atom is 0.189 e. The second-order valence-corrected chi connectivity index (χ2v) is 6.15. The Kier molecular flexibility index (Phi) is 5.62. The van der Waals surface area contributed by atoms with Gasteiger partial charge in [0, 0.05) is 19.1 Å². The summed E-state index contributed by atoms with van der Waals surface area (Å²) in [5.41, 5.74) is 8.75. The van der Waals surface area contributed by atoms with Crippen LogP contribution in [-0.2, 0) is 6.54 Å². The third kappa shape index (κ3) is 4.21. The van der Waals surface area contributed by atoms with Gasteiger partial charge >= 0.3 is 0 Å². The Bertz CT molecular complexity index is 481. The van der Waals surface area contributed by atoms with Crippen LogP contribution < -0.4 is 11.1 Å². The highest BCUT2D eigenvalue weighted by Crippen LogP contribution is 2.37. The van der Waals surface area contributed by atoms with Crippen LogP contribution in [0.15, 0.2) is 29.3 Å².